The monoisotopic (exact) mass is 379 g/mol. The molecule has 0 spiro atoms. The maximum absolute atomic E-state index is 12.2. The summed E-state index contributed by atoms with van der Waals surface area (Å²) in [7, 11) is 1.59. The molecule has 0 unspecified atom stereocenters. The molecule has 1 atom stereocenters. The van der Waals surface area contributed by atoms with Crippen molar-refractivity contribution in [3.8, 4) is 5.75 Å². The Labute approximate surface area is 162 Å². The van der Waals surface area contributed by atoms with Crippen molar-refractivity contribution in [2.45, 2.75) is 19.4 Å². The fourth-order valence-electron chi connectivity index (χ4n) is 2.59. The molecule has 3 aromatic rings. The first-order chi connectivity index (χ1) is 13.5. The Morgan fingerprint density at radius 1 is 1.11 bits per heavy atom. The number of anilines is 2. The molecule has 1 aromatic heterocycles. The minimum atomic E-state index is -0.482. The molecule has 0 saturated carbocycles. The van der Waals surface area contributed by atoms with Crippen molar-refractivity contribution < 1.29 is 14.3 Å². The first-order valence-corrected chi connectivity index (χ1v) is 8.73. The molecule has 0 fully saturated rings. The lowest BCUT2D eigenvalue weighted by Gasteiger charge is -2.12. The quantitative estimate of drug-likeness (QED) is 0.658. The molecule has 0 aliphatic carbocycles. The zero-order valence-electron chi connectivity index (χ0n) is 15.6. The molecule has 2 amide bonds. The number of benzene rings is 2. The number of ether oxygens (including phenoxy) is 1. The molecule has 3 rings (SSSR count). The highest BCUT2D eigenvalue weighted by Crippen LogP contribution is 2.17. The third-order valence-electron chi connectivity index (χ3n) is 4.15. The summed E-state index contributed by atoms with van der Waals surface area (Å²) in [5, 5.41) is 9.61. The number of hydrogen-bond acceptors (Lipinski definition) is 5. The number of carbonyl (C=O) groups is 2. The highest BCUT2D eigenvalue weighted by molar-refractivity contribution is 5.95. The highest BCUT2D eigenvalue weighted by atomic mass is 16.5. The Bertz CT molecular complexity index is 939. The van der Waals surface area contributed by atoms with E-state index in [4.69, 9.17) is 4.74 Å². The third kappa shape index (κ3) is 4.94. The highest BCUT2D eigenvalue weighted by Gasteiger charge is 2.15. The average molecular weight is 379 g/mol. The van der Waals surface area contributed by atoms with Crippen LogP contribution in [0.1, 0.15) is 18.5 Å². The molecule has 8 heteroatoms. The third-order valence-corrected chi connectivity index (χ3v) is 4.15. The van der Waals surface area contributed by atoms with Gasteiger partial charge in [-0.2, -0.15) is 5.10 Å². The van der Waals surface area contributed by atoms with Crippen LogP contribution in [-0.2, 0) is 16.0 Å². The van der Waals surface area contributed by atoms with Gasteiger partial charge in [-0.25, -0.2) is 9.67 Å². The Morgan fingerprint density at radius 3 is 2.46 bits per heavy atom. The molecular formula is C20H21N5O3. The second-order valence-corrected chi connectivity index (χ2v) is 6.19. The predicted octanol–water partition coefficient (Wildman–Crippen LogP) is 2.67. The Kier molecular flexibility index (Phi) is 6.01. The number of hydrogen-bond donors (Lipinski definition) is 2. The molecule has 0 bridgehead atoms. The average Bonchev–Trinajstić information content (AvgIpc) is 3.23. The van der Waals surface area contributed by atoms with Gasteiger partial charge in [-0.1, -0.05) is 12.1 Å². The van der Waals surface area contributed by atoms with E-state index in [1.165, 1.54) is 17.3 Å². The molecule has 0 radical (unpaired) electrons. The van der Waals surface area contributed by atoms with Gasteiger partial charge < -0.3 is 15.4 Å². The SMILES string of the molecule is COc1cccc(CC(=O)Nc2ccc(NC(=O)[C@H](C)n3cncn3)cc2)c1. The van der Waals surface area contributed by atoms with Crippen LogP contribution >= 0.6 is 0 Å². The molecule has 1 heterocycles. The van der Waals surface area contributed by atoms with Crippen LogP contribution in [0.4, 0.5) is 11.4 Å². The number of carbonyl (C=O) groups excluding carboxylic acids is 2. The summed E-state index contributed by atoms with van der Waals surface area (Å²) in [5.74, 6) is 0.371. The van der Waals surface area contributed by atoms with Crippen LogP contribution in [0.25, 0.3) is 0 Å². The minimum absolute atomic E-state index is 0.134. The van der Waals surface area contributed by atoms with Crippen LogP contribution in [0.5, 0.6) is 5.75 Å². The van der Waals surface area contributed by atoms with Crippen LogP contribution < -0.4 is 15.4 Å². The first kappa shape index (κ1) is 19.1. The normalized spacial score (nSPS) is 11.5. The Balaban J connectivity index is 1.55. The summed E-state index contributed by atoms with van der Waals surface area (Å²) in [5.41, 5.74) is 2.14. The van der Waals surface area contributed by atoms with Crippen molar-refractivity contribution in [3.63, 3.8) is 0 Å². The number of methoxy groups -OCH3 is 1. The number of aromatic nitrogens is 3. The van der Waals surface area contributed by atoms with Gasteiger partial charge in [-0.05, 0) is 48.9 Å². The zero-order valence-corrected chi connectivity index (χ0v) is 15.6. The van der Waals surface area contributed by atoms with Crippen molar-refractivity contribution in [1.82, 2.24) is 14.8 Å². The number of rotatable bonds is 7. The van der Waals surface area contributed by atoms with Crippen molar-refractivity contribution in [2.75, 3.05) is 17.7 Å². The second-order valence-electron chi connectivity index (χ2n) is 6.19. The molecule has 144 valence electrons. The van der Waals surface area contributed by atoms with E-state index in [9.17, 15) is 9.59 Å². The minimum Gasteiger partial charge on any atom is -0.497 e. The molecule has 0 aliphatic rings. The lowest BCUT2D eigenvalue weighted by Crippen LogP contribution is -2.24. The molecule has 0 aliphatic heterocycles. The van der Waals surface area contributed by atoms with Gasteiger partial charge in [0.15, 0.2) is 0 Å². The maximum atomic E-state index is 12.2. The van der Waals surface area contributed by atoms with E-state index in [1.54, 1.807) is 38.3 Å². The first-order valence-electron chi connectivity index (χ1n) is 8.73. The van der Waals surface area contributed by atoms with Crippen LogP contribution in [0.2, 0.25) is 0 Å². The van der Waals surface area contributed by atoms with Crippen molar-refractivity contribution in [2.24, 2.45) is 0 Å². The van der Waals surface area contributed by atoms with Gasteiger partial charge in [0.2, 0.25) is 11.8 Å². The zero-order chi connectivity index (χ0) is 19.9. The van der Waals surface area contributed by atoms with E-state index in [-0.39, 0.29) is 18.2 Å². The lowest BCUT2D eigenvalue weighted by molar-refractivity contribution is -0.119. The fourth-order valence-corrected chi connectivity index (χ4v) is 2.59. The van der Waals surface area contributed by atoms with Gasteiger partial charge >= 0.3 is 0 Å². The van der Waals surface area contributed by atoms with E-state index in [0.717, 1.165) is 5.56 Å². The standard InChI is InChI=1S/C20H21N5O3/c1-14(25-13-21-12-22-25)20(27)24-17-8-6-16(7-9-17)23-19(26)11-15-4-3-5-18(10-15)28-2/h3-10,12-14H,11H2,1-2H3,(H,23,26)(H,24,27)/t14-/m0/s1. The Morgan fingerprint density at radius 2 is 1.82 bits per heavy atom. The number of amides is 2. The van der Waals surface area contributed by atoms with E-state index in [2.05, 4.69) is 20.7 Å². The van der Waals surface area contributed by atoms with Gasteiger partial charge in [-0.15, -0.1) is 0 Å². The summed E-state index contributed by atoms with van der Waals surface area (Å²) in [6, 6.07) is 13.8. The number of nitrogens with zero attached hydrogens (tertiary/aromatic N) is 3. The summed E-state index contributed by atoms with van der Waals surface area (Å²) in [4.78, 5) is 28.3. The maximum Gasteiger partial charge on any atom is 0.249 e. The molecular weight excluding hydrogens is 358 g/mol. The number of nitrogens with one attached hydrogen (secondary N) is 2. The Hall–Kier alpha value is -3.68. The molecule has 2 aromatic carbocycles. The van der Waals surface area contributed by atoms with Crippen LogP contribution in [0, 0.1) is 0 Å². The fraction of sp³-hybridized carbons (Fsp3) is 0.200. The topological polar surface area (TPSA) is 98.1 Å². The molecule has 0 saturated heterocycles. The molecule has 8 nitrogen and oxygen atoms in total. The molecule has 2 N–H and O–H groups in total. The summed E-state index contributed by atoms with van der Waals surface area (Å²) in [6.07, 6.45) is 3.11. The predicted molar refractivity (Wildman–Crippen MR) is 105 cm³/mol. The largest absolute Gasteiger partial charge is 0.497 e. The van der Waals surface area contributed by atoms with Crippen molar-refractivity contribution in [1.29, 1.82) is 0 Å². The molecule has 28 heavy (non-hydrogen) atoms. The van der Waals surface area contributed by atoms with Crippen molar-refractivity contribution >= 4 is 23.2 Å². The van der Waals surface area contributed by atoms with Gasteiger partial charge in [0.1, 0.15) is 24.4 Å². The smallest absolute Gasteiger partial charge is 0.249 e. The second kappa shape index (κ2) is 8.81. The summed E-state index contributed by atoms with van der Waals surface area (Å²) < 4.78 is 6.64. The van der Waals surface area contributed by atoms with Gasteiger partial charge in [0.05, 0.1) is 13.5 Å². The van der Waals surface area contributed by atoms with E-state index in [0.29, 0.717) is 17.1 Å². The van der Waals surface area contributed by atoms with E-state index < -0.39 is 6.04 Å². The van der Waals surface area contributed by atoms with E-state index >= 15 is 0 Å². The van der Waals surface area contributed by atoms with Gasteiger partial charge in [-0.3, -0.25) is 9.59 Å². The lowest BCUT2D eigenvalue weighted by atomic mass is 10.1. The van der Waals surface area contributed by atoms with Crippen molar-refractivity contribution in [3.05, 3.63) is 66.7 Å². The van der Waals surface area contributed by atoms with Gasteiger partial charge in [0, 0.05) is 11.4 Å². The summed E-state index contributed by atoms with van der Waals surface area (Å²) >= 11 is 0. The van der Waals surface area contributed by atoms with Crippen LogP contribution in [0.3, 0.4) is 0 Å². The van der Waals surface area contributed by atoms with E-state index in [1.807, 2.05) is 24.3 Å². The van der Waals surface area contributed by atoms with Gasteiger partial charge in [0.25, 0.3) is 0 Å². The summed E-state index contributed by atoms with van der Waals surface area (Å²) in [6.45, 7) is 1.73. The van der Waals surface area contributed by atoms with Crippen LogP contribution in [-0.4, -0.2) is 33.7 Å². The van der Waals surface area contributed by atoms with Crippen LogP contribution in [0.15, 0.2) is 61.2 Å².